The topological polar surface area (TPSA) is 33.7 Å². The molecule has 1 fully saturated rings. The molecule has 0 spiro atoms. The van der Waals surface area contributed by atoms with Gasteiger partial charge in [-0.25, -0.2) is 4.39 Å². The SMILES string of the molecule is C/C=C(/C)c1ccccc1C.C/C=C(/COCc1ccc(F)cc1)NCCCc1ccc(OC2CCN(C(C)(C)CC)C2)cc1.CC. The molecule has 1 unspecified atom stereocenters. The predicted molar refractivity (Wildman–Crippen MR) is 199 cm³/mol. The number of halogens is 1. The summed E-state index contributed by atoms with van der Waals surface area (Å²) < 4.78 is 25.0. The maximum Gasteiger partial charge on any atom is 0.123 e. The van der Waals surface area contributed by atoms with E-state index in [1.807, 2.05) is 26.8 Å². The van der Waals surface area contributed by atoms with Crippen LogP contribution in [0.5, 0.6) is 5.75 Å². The lowest BCUT2D eigenvalue weighted by Gasteiger charge is -2.34. The zero-order valence-electron chi connectivity index (χ0n) is 30.7. The summed E-state index contributed by atoms with van der Waals surface area (Å²) in [7, 11) is 0. The van der Waals surface area contributed by atoms with E-state index in [2.05, 4.69) is 106 Å². The van der Waals surface area contributed by atoms with Crippen LogP contribution < -0.4 is 10.1 Å². The van der Waals surface area contributed by atoms with Gasteiger partial charge >= 0.3 is 0 Å². The van der Waals surface area contributed by atoms with E-state index in [0.29, 0.717) is 13.2 Å². The van der Waals surface area contributed by atoms with Crippen molar-refractivity contribution in [2.75, 3.05) is 26.2 Å². The molecule has 47 heavy (non-hydrogen) atoms. The summed E-state index contributed by atoms with van der Waals surface area (Å²) in [5, 5.41) is 3.46. The number of nitrogens with zero attached hydrogens (tertiary/aromatic N) is 1. The Morgan fingerprint density at radius 1 is 0.957 bits per heavy atom. The largest absolute Gasteiger partial charge is 0.489 e. The van der Waals surface area contributed by atoms with E-state index in [1.165, 1.54) is 34.4 Å². The lowest BCUT2D eigenvalue weighted by atomic mass is 10.0. The molecule has 0 saturated carbocycles. The van der Waals surface area contributed by atoms with Gasteiger partial charge < -0.3 is 14.8 Å². The van der Waals surface area contributed by atoms with Crippen molar-refractivity contribution in [1.29, 1.82) is 0 Å². The van der Waals surface area contributed by atoms with Gasteiger partial charge in [0.1, 0.15) is 17.7 Å². The molecule has 1 aliphatic rings. The summed E-state index contributed by atoms with van der Waals surface area (Å²) in [4.78, 5) is 2.55. The number of hydrogen-bond donors (Lipinski definition) is 1. The minimum absolute atomic E-state index is 0.224. The van der Waals surface area contributed by atoms with Crippen LogP contribution in [0, 0.1) is 12.7 Å². The first-order valence-electron chi connectivity index (χ1n) is 17.6. The minimum atomic E-state index is -0.224. The highest BCUT2D eigenvalue weighted by atomic mass is 19.1. The highest BCUT2D eigenvalue weighted by Gasteiger charge is 2.33. The van der Waals surface area contributed by atoms with Crippen LogP contribution in [0.2, 0.25) is 0 Å². The third-order valence-corrected chi connectivity index (χ3v) is 8.88. The Hall–Kier alpha value is -3.41. The fourth-order valence-corrected chi connectivity index (χ4v) is 5.33. The fraction of sp³-hybridized carbons (Fsp3) is 0.476. The van der Waals surface area contributed by atoms with Crippen molar-refractivity contribution >= 4 is 5.57 Å². The number of rotatable bonds is 14. The first kappa shape index (κ1) is 39.8. The number of allylic oxidation sites excluding steroid dienone is 3. The molecule has 0 aromatic heterocycles. The van der Waals surface area contributed by atoms with Gasteiger partial charge in [0, 0.05) is 30.9 Å². The third-order valence-electron chi connectivity index (χ3n) is 8.88. The summed E-state index contributed by atoms with van der Waals surface area (Å²) in [5.41, 5.74) is 7.67. The molecule has 4 nitrogen and oxygen atoms in total. The van der Waals surface area contributed by atoms with Crippen LogP contribution in [0.25, 0.3) is 5.57 Å². The van der Waals surface area contributed by atoms with Gasteiger partial charge in [0.25, 0.3) is 0 Å². The lowest BCUT2D eigenvalue weighted by Crippen LogP contribution is -2.42. The smallest absolute Gasteiger partial charge is 0.123 e. The quantitative estimate of drug-likeness (QED) is 0.177. The summed E-state index contributed by atoms with van der Waals surface area (Å²) >= 11 is 0. The number of aryl methyl sites for hydroxylation is 2. The van der Waals surface area contributed by atoms with Crippen molar-refractivity contribution in [3.8, 4) is 5.75 Å². The molecule has 0 amide bonds. The van der Waals surface area contributed by atoms with E-state index in [-0.39, 0.29) is 17.5 Å². The summed E-state index contributed by atoms with van der Waals surface area (Å²) in [5.74, 6) is 0.746. The molecular formula is C42H61FN2O2. The lowest BCUT2D eigenvalue weighted by molar-refractivity contribution is 0.124. The van der Waals surface area contributed by atoms with Gasteiger partial charge in [-0.1, -0.05) is 81.5 Å². The maximum atomic E-state index is 13.0. The number of likely N-dealkylation sites (tertiary alicyclic amines) is 1. The molecule has 0 radical (unpaired) electrons. The third kappa shape index (κ3) is 14.1. The van der Waals surface area contributed by atoms with E-state index < -0.39 is 0 Å². The van der Waals surface area contributed by atoms with E-state index in [0.717, 1.165) is 62.3 Å². The predicted octanol–water partition coefficient (Wildman–Crippen LogP) is 10.6. The minimum Gasteiger partial charge on any atom is -0.489 e. The number of ether oxygens (including phenoxy) is 2. The van der Waals surface area contributed by atoms with Gasteiger partial charge in [0.05, 0.1) is 13.2 Å². The second kappa shape index (κ2) is 21.5. The van der Waals surface area contributed by atoms with Crippen molar-refractivity contribution in [3.63, 3.8) is 0 Å². The second-order valence-corrected chi connectivity index (χ2v) is 12.5. The van der Waals surface area contributed by atoms with Gasteiger partial charge in [-0.15, -0.1) is 0 Å². The Morgan fingerprint density at radius 3 is 2.23 bits per heavy atom. The number of nitrogens with one attached hydrogen (secondary N) is 1. The molecule has 5 heteroatoms. The molecule has 258 valence electrons. The summed E-state index contributed by atoms with van der Waals surface area (Å²) in [6, 6.07) is 23.5. The fourth-order valence-electron chi connectivity index (χ4n) is 5.33. The van der Waals surface area contributed by atoms with E-state index in [9.17, 15) is 4.39 Å². The zero-order valence-corrected chi connectivity index (χ0v) is 30.7. The molecular weight excluding hydrogens is 583 g/mol. The highest BCUT2D eigenvalue weighted by Crippen LogP contribution is 2.26. The van der Waals surface area contributed by atoms with Crippen LogP contribution in [-0.2, 0) is 17.8 Å². The van der Waals surface area contributed by atoms with Crippen molar-refractivity contribution in [3.05, 3.63) is 119 Å². The van der Waals surface area contributed by atoms with Crippen molar-refractivity contribution in [2.45, 2.75) is 106 Å². The Bertz CT molecular complexity index is 1350. The van der Waals surface area contributed by atoms with E-state index in [4.69, 9.17) is 9.47 Å². The molecule has 1 saturated heterocycles. The average molecular weight is 645 g/mol. The van der Waals surface area contributed by atoms with Crippen LogP contribution in [0.15, 0.2) is 90.6 Å². The Balaban J connectivity index is 0.000000496. The highest BCUT2D eigenvalue weighted by molar-refractivity contribution is 5.65. The monoisotopic (exact) mass is 644 g/mol. The first-order valence-corrected chi connectivity index (χ1v) is 17.6. The van der Waals surface area contributed by atoms with Crippen LogP contribution >= 0.6 is 0 Å². The Labute approximate surface area is 286 Å². The molecule has 1 N–H and O–H groups in total. The normalized spacial score (nSPS) is 15.3. The van der Waals surface area contributed by atoms with Gasteiger partial charge in [0.2, 0.25) is 0 Å². The molecule has 0 aliphatic carbocycles. The summed E-state index contributed by atoms with van der Waals surface area (Å²) in [6.45, 7) is 23.3. The van der Waals surface area contributed by atoms with Crippen LogP contribution in [0.4, 0.5) is 4.39 Å². The van der Waals surface area contributed by atoms with E-state index >= 15 is 0 Å². The maximum absolute atomic E-state index is 13.0. The molecule has 0 bridgehead atoms. The molecule has 3 aromatic carbocycles. The molecule has 1 aliphatic heterocycles. The van der Waals surface area contributed by atoms with Crippen LogP contribution in [-0.4, -0.2) is 42.8 Å². The number of benzene rings is 3. The average Bonchev–Trinajstić information content (AvgIpc) is 3.58. The first-order chi connectivity index (χ1) is 22.6. The Kier molecular flexibility index (Phi) is 18.2. The second-order valence-electron chi connectivity index (χ2n) is 12.5. The Morgan fingerprint density at radius 2 is 1.62 bits per heavy atom. The van der Waals surface area contributed by atoms with Crippen molar-refractivity contribution in [2.24, 2.45) is 0 Å². The number of hydrogen-bond acceptors (Lipinski definition) is 4. The van der Waals surface area contributed by atoms with Crippen molar-refractivity contribution in [1.82, 2.24) is 10.2 Å². The zero-order chi connectivity index (χ0) is 34.7. The standard InChI is InChI=1S/C29H41FN2O2.C11H14.C2H6/c1-5-26(22-33-21-24-9-13-25(30)14-10-24)31-18-7-8-23-11-15-27(16-12-23)34-28-17-19-32(20-28)29(3,4)6-2;1-4-9(2)11-8-6-5-7-10(11)3;1-2/h5,9-16,28,31H,6-8,17-22H2,1-4H3;4-8H,1-3H3;1-2H3/b26-5-;9-4-;. The van der Waals surface area contributed by atoms with Crippen molar-refractivity contribution < 1.29 is 13.9 Å². The van der Waals surface area contributed by atoms with E-state index in [1.54, 1.807) is 12.1 Å². The molecule has 1 heterocycles. The van der Waals surface area contributed by atoms with Gasteiger partial charge in [-0.3, -0.25) is 4.90 Å². The van der Waals surface area contributed by atoms with Gasteiger partial charge in [-0.05, 0) is 119 Å². The van der Waals surface area contributed by atoms with Gasteiger partial charge in [0.15, 0.2) is 0 Å². The van der Waals surface area contributed by atoms with Crippen LogP contribution in [0.1, 0.15) is 96.9 Å². The molecule has 4 rings (SSSR count). The molecule has 3 aromatic rings. The van der Waals surface area contributed by atoms with Crippen LogP contribution in [0.3, 0.4) is 0 Å². The molecule has 1 atom stereocenters. The summed E-state index contributed by atoms with van der Waals surface area (Å²) in [6.07, 6.45) is 8.78. The van der Waals surface area contributed by atoms with Gasteiger partial charge in [-0.2, -0.15) is 0 Å².